The van der Waals surface area contributed by atoms with E-state index in [0.717, 1.165) is 5.56 Å². The molecule has 1 amide bonds. The zero-order valence-corrected chi connectivity index (χ0v) is 16.7. The Balaban J connectivity index is 1.58. The highest BCUT2D eigenvalue weighted by Gasteiger charge is 2.11. The van der Waals surface area contributed by atoms with Crippen LogP contribution in [0.25, 0.3) is 11.3 Å². The molecule has 0 saturated carbocycles. The van der Waals surface area contributed by atoms with Crippen molar-refractivity contribution in [2.24, 2.45) is 0 Å². The van der Waals surface area contributed by atoms with Crippen LogP contribution in [0, 0.1) is 5.82 Å². The maximum absolute atomic E-state index is 13.8. The van der Waals surface area contributed by atoms with Crippen molar-refractivity contribution in [3.05, 3.63) is 70.4 Å². The first-order valence-corrected chi connectivity index (χ1v) is 9.51. The van der Waals surface area contributed by atoms with E-state index >= 15 is 0 Å². The summed E-state index contributed by atoms with van der Waals surface area (Å²) in [5, 5.41) is 2.56. The van der Waals surface area contributed by atoms with Crippen LogP contribution in [0.4, 0.5) is 10.1 Å². The highest BCUT2D eigenvalue weighted by Crippen LogP contribution is 2.24. The smallest absolute Gasteiger partial charge is 0.224 e. The summed E-state index contributed by atoms with van der Waals surface area (Å²) in [6.45, 7) is 4.29. The summed E-state index contributed by atoms with van der Waals surface area (Å²) in [6, 6.07) is 12.6. The van der Waals surface area contributed by atoms with Gasteiger partial charge in [-0.15, -0.1) is 0 Å². The summed E-state index contributed by atoms with van der Waals surface area (Å²) in [6.07, 6.45) is 2.15. The average molecular weight is 431 g/mol. The lowest BCUT2D eigenvalue weighted by atomic mass is 10.0. The number of hydrogen-bond donors (Lipinski definition) is 1. The topological polar surface area (TPSA) is 55.1 Å². The van der Waals surface area contributed by atoms with Crippen LogP contribution in [0.5, 0.6) is 0 Å². The Kier molecular flexibility index (Phi) is 6.06. The maximum Gasteiger partial charge on any atom is 0.224 e. The van der Waals surface area contributed by atoms with Crippen LogP contribution in [0.1, 0.15) is 37.6 Å². The van der Waals surface area contributed by atoms with Gasteiger partial charge in [-0.3, -0.25) is 4.79 Å². The van der Waals surface area contributed by atoms with E-state index in [-0.39, 0.29) is 18.0 Å². The molecule has 0 saturated heterocycles. The molecular formula is C21H20BrFN2O2. The minimum absolute atomic E-state index is 0.154. The number of amides is 1. The molecule has 1 aromatic heterocycles. The number of anilines is 1. The van der Waals surface area contributed by atoms with Crippen molar-refractivity contribution in [3.63, 3.8) is 0 Å². The van der Waals surface area contributed by atoms with E-state index in [9.17, 15) is 9.18 Å². The van der Waals surface area contributed by atoms with Gasteiger partial charge in [0.25, 0.3) is 0 Å². The van der Waals surface area contributed by atoms with Gasteiger partial charge in [0.1, 0.15) is 5.82 Å². The van der Waals surface area contributed by atoms with E-state index in [1.807, 2.05) is 12.1 Å². The van der Waals surface area contributed by atoms with Crippen molar-refractivity contribution < 1.29 is 13.6 Å². The fraction of sp³-hybridized carbons (Fsp3) is 0.238. The number of aryl methyl sites for hydroxylation is 1. The lowest BCUT2D eigenvalue weighted by molar-refractivity contribution is -0.116. The Labute approximate surface area is 165 Å². The third-order valence-electron chi connectivity index (χ3n) is 4.19. The Bertz CT molecular complexity index is 936. The molecule has 0 bridgehead atoms. The summed E-state index contributed by atoms with van der Waals surface area (Å²) in [5.41, 5.74) is 2.36. The monoisotopic (exact) mass is 430 g/mol. The van der Waals surface area contributed by atoms with Crippen molar-refractivity contribution >= 4 is 27.5 Å². The molecule has 1 heterocycles. The molecule has 2 aromatic carbocycles. The molecular weight excluding hydrogens is 411 g/mol. The highest BCUT2D eigenvalue weighted by molar-refractivity contribution is 9.10. The van der Waals surface area contributed by atoms with Gasteiger partial charge in [-0.05, 0) is 29.7 Å². The average Bonchev–Trinajstić information content (AvgIpc) is 3.11. The molecule has 0 aliphatic carbocycles. The molecule has 0 aliphatic rings. The number of oxazole rings is 1. The number of hydrogen-bond acceptors (Lipinski definition) is 3. The third-order valence-corrected chi connectivity index (χ3v) is 4.68. The number of rotatable bonds is 6. The minimum Gasteiger partial charge on any atom is -0.441 e. The molecule has 0 radical (unpaired) electrons. The quantitative estimate of drug-likeness (QED) is 0.526. The van der Waals surface area contributed by atoms with Gasteiger partial charge in [0.05, 0.1) is 11.9 Å². The van der Waals surface area contributed by atoms with Gasteiger partial charge in [0.15, 0.2) is 11.7 Å². The summed E-state index contributed by atoms with van der Waals surface area (Å²) in [5.74, 6) is 0.834. The molecule has 3 rings (SSSR count). The molecule has 140 valence electrons. The number of carbonyl (C=O) groups excluding carboxylic acids is 1. The molecule has 0 unspecified atom stereocenters. The normalized spacial score (nSPS) is 11.0. The first-order valence-electron chi connectivity index (χ1n) is 8.72. The lowest BCUT2D eigenvalue weighted by Crippen LogP contribution is -2.13. The van der Waals surface area contributed by atoms with Crippen LogP contribution in [0.3, 0.4) is 0 Å². The fourth-order valence-corrected chi connectivity index (χ4v) is 2.95. The van der Waals surface area contributed by atoms with E-state index in [4.69, 9.17) is 4.42 Å². The van der Waals surface area contributed by atoms with E-state index in [1.54, 1.807) is 12.3 Å². The number of nitrogens with zero attached hydrogens (tertiary/aromatic N) is 1. The second-order valence-corrected chi connectivity index (χ2v) is 7.48. The molecule has 6 heteroatoms. The van der Waals surface area contributed by atoms with Crippen molar-refractivity contribution in [2.75, 3.05) is 5.32 Å². The molecule has 0 spiro atoms. The summed E-state index contributed by atoms with van der Waals surface area (Å²) >= 11 is 3.18. The van der Waals surface area contributed by atoms with E-state index < -0.39 is 5.82 Å². The van der Waals surface area contributed by atoms with Crippen LogP contribution < -0.4 is 5.32 Å². The summed E-state index contributed by atoms with van der Waals surface area (Å²) in [4.78, 5) is 16.3. The molecule has 1 N–H and O–H groups in total. The second-order valence-electron chi connectivity index (χ2n) is 6.57. The van der Waals surface area contributed by atoms with Gasteiger partial charge < -0.3 is 9.73 Å². The van der Waals surface area contributed by atoms with E-state index in [1.165, 1.54) is 17.7 Å². The van der Waals surface area contributed by atoms with Crippen LogP contribution in [0.15, 0.2) is 57.6 Å². The number of benzene rings is 2. The predicted molar refractivity (Wildman–Crippen MR) is 107 cm³/mol. The number of halogens is 2. The van der Waals surface area contributed by atoms with Crippen molar-refractivity contribution in [2.45, 2.75) is 32.6 Å². The van der Waals surface area contributed by atoms with Gasteiger partial charge in [-0.2, -0.15) is 0 Å². The van der Waals surface area contributed by atoms with E-state index in [2.05, 4.69) is 52.2 Å². The van der Waals surface area contributed by atoms with Gasteiger partial charge >= 0.3 is 0 Å². The molecule has 0 fully saturated rings. The molecule has 0 atom stereocenters. The number of nitrogens with one attached hydrogen (secondary N) is 1. The highest BCUT2D eigenvalue weighted by atomic mass is 79.9. The molecule has 27 heavy (non-hydrogen) atoms. The molecule has 4 nitrogen and oxygen atoms in total. The number of aromatic nitrogens is 1. The zero-order chi connectivity index (χ0) is 19.4. The van der Waals surface area contributed by atoms with Gasteiger partial charge in [0, 0.05) is 22.9 Å². The lowest BCUT2D eigenvalue weighted by Gasteiger charge is -2.06. The van der Waals surface area contributed by atoms with Gasteiger partial charge in [-0.25, -0.2) is 9.37 Å². The first kappa shape index (κ1) is 19.3. The molecule has 3 aromatic rings. The van der Waals surface area contributed by atoms with Crippen LogP contribution in [-0.2, 0) is 11.2 Å². The summed E-state index contributed by atoms with van der Waals surface area (Å²) < 4.78 is 20.1. The zero-order valence-electron chi connectivity index (χ0n) is 15.1. The maximum atomic E-state index is 13.8. The van der Waals surface area contributed by atoms with Crippen LogP contribution in [0.2, 0.25) is 0 Å². The third kappa shape index (κ3) is 5.04. The van der Waals surface area contributed by atoms with Crippen LogP contribution in [-0.4, -0.2) is 10.9 Å². The Morgan fingerprint density at radius 1 is 1.22 bits per heavy atom. The largest absolute Gasteiger partial charge is 0.441 e. The van der Waals surface area contributed by atoms with Gasteiger partial charge in [-0.1, -0.05) is 54.0 Å². The Hall–Kier alpha value is -2.47. The van der Waals surface area contributed by atoms with Crippen molar-refractivity contribution in [1.82, 2.24) is 4.98 Å². The summed E-state index contributed by atoms with van der Waals surface area (Å²) in [7, 11) is 0. The van der Waals surface area contributed by atoms with Crippen LogP contribution >= 0.6 is 15.9 Å². The minimum atomic E-state index is -0.485. The second kappa shape index (κ2) is 8.48. The predicted octanol–water partition coefficient (Wildman–Crippen LogP) is 5.94. The Morgan fingerprint density at radius 2 is 1.96 bits per heavy atom. The molecule has 0 aliphatic heterocycles. The Morgan fingerprint density at radius 3 is 2.63 bits per heavy atom. The van der Waals surface area contributed by atoms with Crippen molar-refractivity contribution in [1.29, 1.82) is 0 Å². The first-order chi connectivity index (χ1) is 12.9. The SMILES string of the molecule is CC(C)c1ccc(-c2cnc(CCC(=O)Nc3ccc(Br)cc3F)o2)cc1. The van der Waals surface area contributed by atoms with Crippen molar-refractivity contribution in [3.8, 4) is 11.3 Å². The number of carbonyl (C=O) groups is 1. The van der Waals surface area contributed by atoms with E-state index in [0.29, 0.717) is 28.5 Å². The fourth-order valence-electron chi connectivity index (χ4n) is 2.62. The van der Waals surface area contributed by atoms with Gasteiger partial charge in [0.2, 0.25) is 5.91 Å². The standard InChI is InChI=1S/C21H20BrFN2O2/c1-13(2)14-3-5-15(6-4-14)19-12-24-21(27-19)10-9-20(26)25-18-8-7-16(22)11-17(18)23/h3-8,11-13H,9-10H2,1-2H3,(H,25,26).